The Morgan fingerprint density at radius 1 is 1.18 bits per heavy atom. The van der Waals surface area contributed by atoms with Gasteiger partial charge in [0.1, 0.15) is 5.75 Å². The van der Waals surface area contributed by atoms with Crippen LogP contribution < -0.4 is 14.8 Å². The summed E-state index contributed by atoms with van der Waals surface area (Å²) < 4.78 is 32.3. The van der Waals surface area contributed by atoms with Crippen molar-refractivity contribution in [3.8, 4) is 5.75 Å². The minimum absolute atomic E-state index is 0.0600. The van der Waals surface area contributed by atoms with Crippen LogP contribution in [0, 0.1) is 6.92 Å². The number of amides is 1. The fourth-order valence-electron chi connectivity index (χ4n) is 2.45. The van der Waals surface area contributed by atoms with Crippen LogP contribution in [-0.4, -0.2) is 27.5 Å². The lowest BCUT2D eigenvalue weighted by molar-refractivity contribution is -0.123. The quantitative estimate of drug-likeness (QED) is 0.572. The fraction of sp³-hybridized carbons (Fsp3) is 0.350. The zero-order chi connectivity index (χ0) is 20.6. The molecule has 2 N–H and O–H groups in total. The van der Waals surface area contributed by atoms with Crippen LogP contribution in [0.15, 0.2) is 47.4 Å². The van der Waals surface area contributed by atoms with E-state index in [0.29, 0.717) is 13.1 Å². The van der Waals surface area contributed by atoms with E-state index in [9.17, 15) is 13.2 Å². The van der Waals surface area contributed by atoms with Crippen LogP contribution in [0.1, 0.15) is 30.9 Å². The second kappa shape index (κ2) is 10.5. The third kappa shape index (κ3) is 6.82. The summed E-state index contributed by atoms with van der Waals surface area (Å²) >= 11 is 6.12. The highest BCUT2D eigenvalue weighted by Gasteiger charge is 2.16. The lowest BCUT2D eigenvalue weighted by atomic mass is 10.1. The number of carbonyl (C=O) groups excluding carboxylic acids is 1. The van der Waals surface area contributed by atoms with E-state index >= 15 is 0 Å². The summed E-state index contributed by atoms with van der Waals surface area (Å²) in [4.78, 5) is 12.0. The summed E-state index contributed by atoms with van der Waals surface area (Å²) in [6.07, 6.45) is 1.65. The molecule has 0 spiro atoms. The number of aryl methyl sites for hydroxylation is 1. The average Bonchev–Trinajstić information content (AvgIpc) is 2.65. The van der Waals surface area contributed by atoms with Gasteiger partial charge in [-0.2, -0.15) is 0 Å². The van der Waals surface area contributed by atoms with Gasteiger partial charge in [0, 0.05) is 13.1 Å². The summed E-state index contributed by atoms with van der Waals surface area (Å²) in [5, 5.41) is 2.90. The van der Waals surface area contributed by atoms with Gasteiger partial charge in [0.05, 0.1) is 9.92 Å². The van der Waals surface area contributed by atoms with Crippen molar-refractivity contribution in [1.82, 2.24) is 10.0 Å². The van der Waals surface area contributed by atoms with E-state index in [2.05, 4.69) is 10.0 Å². The second-order valence-corrected chi connectivity index (χ2v) is 8.57. The van der Waals surface area contributed by atoms with Crippen LogP contribution >= 0.6 is 11.6 Å². The molecule has 0 aliphatic rings. The van der Waals surface area contributed by atoms with Gasteiger partial charge in [0.25, 0.3) is 5.91 Å². The fourth-order valence-corrected chi connectivity index (χ4v) is 3.85. The maximum Gasteiger partial charge on any atom is 0.258 e. The maximum atomic E-state index is 12.2. The molecule has 0 atom stereocenters. The largest absolute Gasteiger partial charge is 0.482 e. The Kier molecular flexibility index (Phi) is 8.29. The Labute approximate surface area is 171 Å². The highest BCUT2D eigenvalue weighted by molar-refractivity contribution is 7.89. The minimum atomic E-state index is -3.62. The van der Waals surface area contributed by atoms with E-state index in [1.165, 1.54) is 18.2 Å². The molecule has 0 aliphatic carbocycles. The molecular weight excluding hydrogens is 400 g/mol. The van der Waals surface area contributed by atoms with E-state index in [1.807, 2.05) is 38.1 Å². The number of hydrogen-bond donors (Lipinski definition) is 2. The molecule has 0 heterocycles. The number of benzene rings is 2. The van der Waals surface area contributed by atoms with Crippen LogP contribution in [0.25, 0.3) is 0 Å². The number of unbranched alkanes of at least 4 members (excludes halogenated alkanes) is 1. The van der Waals surface area contributed by atoms with Crippen molar-refractivity contribution in [3.05, 3.63) is 58.6 Å². The molecule has 1 amide bonds. The number of halogens is 1. The molecule has 28 heavy (non-hydrogen) atoms. The molecule has 2 aromatic carbocycles. The molecule has 2 rings (SSSR count). The van der Waals surface area contributed by atoms with Gasteiger partial charge in [0.15, 0.2) is 6.61 Å². The molecule has 0 aliphatic heterocycles. The van der Waals surface area contributed by atoms with Gasteiger partial charge in [-0.15, -0.1) is 0 Å². The summed E-state index contributed by atoms with van der Waals surface area (Å²) in [5.41, 5.74) is 2.12. The molecule has 6 nitrogen and oxygen atoms in total. The molecule has 2 aromatic rings. The molecule has 0 fully saturated rings. The first-order valence-electron chi connectivity index (χ1n) is 9.06. The monoisotopic (exact) mass is 424 g/mol. The van der Waals surface area contributed by atoms with E-state index in [4.69, 9.17) is 16.3 Å². The number of rotatable bonds is 10. The van der Waals surface area contributed by atoms with Gasteiger partial charge >= 0.3 is 0 Å². The van der Waals surface area contributed by atoms with Crippen LogP contribution in [0.3, 0.4) is 0 Å². The highest BCUT2D eigenvalue weighted by atomic mass is 35.5. The first-order valence-corrected chi connectivity index (χ1v) is 10.9. The maximum absolute atomic E-state index is 12.2. The summed E-state index contributed by atoms with van der Waals surface area (Å²) in [6.45, 7) is 4.52. The predicted octanol–water partition coefficient (Wildman–Crippen LogP) is 3.42. The smallest absolute Gasteiger partial charge is 0.258 e. The molecule has 0 bridgehead atoms. The number of ether oxygens (including phenoxy) is 1. The van der Waals surface area contributed by atoms with Gasteiger partial charge < -0.3 is 10.1 Å². The standard InChI is InChI=1S/C20H25ClN2O4S/c1-3-4-10-23-28(25,26)17-8-9-19(18(21)12-17)27-14-20(24)22-13-16-7-5-6-15(2)11-16/h5-9,11-12,23H,3-4,10,13-14H2,1-2H3,(H,22,24). The third-order valence-corrected chi connectivity index (χ3v) is 5.72. The summed E-state index contributed by atoms with van der Waals surface area (Å²) in [7, 11) is -3.62. The Morgan fingerprint density at radius 2 is 1.96 bits per heavy atom. The minimum Gasteiger partial charge on any atom is -0.482 e. The number of sulfonamides is 1. The molecule has 0 radical (unpaired) electrons. The lowest BCUT2D eigenvalue weighted by Crippen LogP contribution is -2.28. The van der Waals surface area contributed by atoms with Crippen molar-refractivity contribution in [1.29, 1.82) is 0 Å². The number of nitrogens with one attached hydrogen (secondary N) is 2. The first kappa shape index (κ1) is 22.2. The molecule has 152 valence electrons. The molecule has 0 aromatic heterocycles. The van der Waals surface area contributed by atoms with E-state index < -0.39 is 10.0 Å². The Morgan fingerprint density at radius 3 is 2.64 bits per heavy atom. The van der Waals surface area contributed by atoms with Crippen LogP contribution in [0.5, 0.6) is 5.75 Å². The Balaban J connectivity index is 1.89. The number of carbonyl (C=O) groups is 1. The zero-order valence-corrected chi connectivity index (χ0v) is 17.6. The summed E-state index contributed by atoms with van der Waals surface area (Å²) in [5.74, 6) is -0.0459. The van der Waals surface area contributed by atoms with Gasteiger partial charge in [-0.05, 0) is 37.1 Å². The highest BCUT2D eigenvalue weighted by Crippen LogP contribution is 2.27. The Hall–Kier alpha value is -2.09. The first-order chi connectivity index (χ1) is 13.3. The SMILES string of the molecule is CCCCNS(=O)(=O)c1ccc(OCC(=O)NCc2cccc(C)c2)c(Cl)c1. The zero-order valence-electron chi connectivity index (χ0n) is 16.0. The van der Waals surface area contributed by atoms with Crippen molar-refractivity contribution in [2.45, 2.75) is 38.1 Å². The molecular formula is C20H25ClN2O4S. The van der Waals surface area contributed by atoms with Crippen LogP contribution in [0.2, 0.25) is 5.02 Å². The van der Waals surface area contributed by atoms with E-state index in [-0.39, 0.29) is 28.2 Å². The van der Waals surface area contributed by atoms with Gasteiger partial charge in [-0.25, -0.2) is 13.1 Å². The second-order valence-electron chi connectivity index (χ2n) is 6.40. The predicted molar refractivity (Wildman–Crippen MR) is 110 cm³/mol. The molecule has 0 unspecified atom stereocenters. The van der Waals surface area contributed by atoms with Crippen LogP contribution in [-0.2, 0) is 21.4 Å². The van der Waals surface area contributed by atoms with E-state index in [1.54, 1.807) is 0 Å². The van der Waals surface area contributed by atoms with Crippen molar-refractivity contribution in [2.24, 2.45) is 0 Å². The summed E-state index contributed by atoms with van der Waals surface area (Å²) in [6, 6.07) is 12.0. The van der Waals surface area contributed by atoms with Gasteiger partial charge in [0.2, 0.25) is 10.0 Å². The molecule has 0 saturated carbocycles. The third-order valence-electron chi connectivity index (χ3n) is 3.97. The van der Waals surface area contributed by atoms with Crippen molar-refractivity contribution < 1.29 is 17.9 Å². The Bertz CT molecular complexity index is 916. The normalized spacial score (nSPS) is 11.2. The van der Waals surface area contributed by atoms with E-state index in [0.717, 1.165) is 24.0 Å². The van der Waals surface area contributed by atoms with Gasteiger partial charge in [-0.1, -0.05) is 54.8 Å². The van der Waals surface area contributed by atoms with Crippen molar-refractivity contribution >= 4 is 27.5 Å². The van der Waals surface area contributed by atoms with Gasteiger partial charge in [-0.3, -0.25) is 4.79 Å². The lowest BCUT2D eigenvalue weighted by Gasteiger charge is -2.11. The van der Waals surface area contributed by atoms with Crippen LogP contribution in [0.4, 0.5) is 0 Å². The molecule has 0 saturated heterocycles. The topological polar surface area (TPSA) is 84.5 Å². The molecule has 8 heteroatoms. The average molecular weight is 425 g/mol. The number of hydrogen-bond acceptors (Lipinski definition) is 4. The van der Waals surface area contributed by atoms with Crippen molar-refractivity contribution in [3.63, 3.8) is 0 Å². The van der Waals surface area contributed by atoms with Crippen molar-refractivity contribution in [2.75, 3.05) is 13.2 Å².